The molecule has 0 radical (unpaired) electrons. The molecule has 0 spiro atoms. The molecule has 1 aliphatic heterocycles. The van der Waals surface area contributed by atoms with Crippen LogP contribution in [0.3, 0.4) is 0 Å². The first-order valence-electron chi connectivity index (χ1n) is 6.04. The van der Waals surface area contributed by atoms with E-state index in [-0.39, 0.29) is 28.7 Å². The number of hydrogen-bond acceptors (Lipinski definition) is 4. The molecule has 1 aromatic carbocycles. The Labute approximate surface area is 124 Å². The summed E-state index contributed by atoms with van der Waals surface area (Å²) in [5, 5.41) is 9.28. The van der Waals surface area contributed by atoms with Gasteiger partial charge in [-0.3, -0.25) is 0 Å². The predicted octanol–water partition coefficient (Wildman–Crippen LogP) is 3.54. The van der Waals surface area contributed by atoms with Crippen molar-refractivity contribution < 1.29 is 23.0 Å². The maximum absolute atomic E-state index is 12.3. The van der Waals surface area contributed by atoms with Crippen LogP contribution >= 0.6 is 23.5 Å². The van der Waals surface area contributed by atoms with Gasteiger partial charge in [0.15, 0.2) is 0 Å². The molecule has 112 valence electrons. The summed E-state index contributed by atoms with van der Waals surface area (Å²) in [5.41, 5.74) is -3.56. The van der Waals surface area contributed by atoms with Crippen molar-refractivity contribution in [1.82, 2.24) is 0 Å². The summed E-state index contributed by atoms with van der Waals surface area (Å²) in [6.07, 6.45) is 0. The van der Waals surface area contributed by atoms with Crippen LogP contribution in [0.15, 0.2) is 29.2 Å². The van der Waals surface area contributed by atoms with Crippen LogP contribution in [0.1, 0.15) is 5.56 Å². The fraction of sp³-hybridized carbons (Fsp3) is 0.538. The lowest BCUT2D eigenvalue weighted by Crippen LogP contribution is -2.47. The standard InChI is InChI=1S/C13H15F3O2S2/c14-13(15,16)20-11-3-1-2-10(4-11)5-19-9-12(6-17)7-18-8-12/h1-4,17H,5-9H2. The maximum Gasteiger partial charge on any atom is 0.446 e. The van der Waals surface area contributed by atoms with Crippen molar-refractivity contribution in [2.75, 3.05) is 25.6 Å². The number of halogens is 3. The quantitative estimate of drug-likeness (QED) is 0.811. The molecule has 1 N–H and O–H groups in total. The Morgan fingerprint density at radius 3 is 2.60 bits per heavy atom. The molecule has 1 aliphatic rings. The van der Waals surface area contributed by atoms with Gasteiger partial charge in [-0.05, 0) is 29.5 Å². The smallest absolute Gasteiger partial charge is 0.396 e. The lowest BCUT2D eigenvalue weighted by molar-refractivity contribution is -0.121. The summed E-state index contributed by atoms with van der Waals surface area (Å²) in [6, 6.07) is 6.48. The van der Waals surface area contributed by atoms with Gasteiger partial charge in [0.1, 0.15) is 0 Å². The van der Waals surface area contributed by atoms with Gasteiger partial charge in [0.25, 0.3) is 0 Å². The molecule has 0 unspecified atom stereocenters. The molecule has 0 amide bonds. The van der Waals surface area contributed by atoms with Crippen molar-refractivity contribution in [3.05, 3.63) is 29.8 Å². The predicted molar refractivity (Wildman–Crippen MR) is 74.9 cm³/mol. The van der Waals surface area contributed by atoms with Crippen molar-refractivity contribution >= 4 is 23.5 Å². The zero-order chi connectivity index (χ0) is 14.6. The van der Waals surface area contributed by atoms with Gasteiger partial charge in [-0.1, -0.05) is 12.1 Å². The zero-order valence-corrected chi connectivity index (χ0v) is 12.3. The lowest BCUT2D eigenvalue weighted by Gasteiger charge is -2.39. The molecule has 1 fully saturated rings. The summed E-state index contributed by atoms with van der Waals surface area (Å²) < 4.78 is 42.0. The molecular formula is C13H15F3O2S2. The third kappa shape index (κ3) is 4.58. The summed E-state index contributed by atoms with van der Waals surface area (Å²) >= 11 is 1.51. The molecule has 2 rings (SSSR count). The fourth-order valence-corrected chi connectivity index (χ4v) is 3.66. The molecule has 1 saturated heterocycles. The molecule has 1 aromatic rings. The minimum absolute atomic E-state index is 0.0873. The first-order valence-corrected chi connectivity index (χ1v) is 8.01. The maximum atomic E-state index is 12.3. The lowest BCUT2D eigenvalue weighted by atomic mass is 9.90. The normalized spacial score (nSPS) is 17.8. The second kappa shape index (κ2) is 6.60. The average molecular weight is 324 g/mol. The molecule has 0 saturated carbocycles. The van der Waals surface area contributed by atoms with Crippen LogP contribution < -0.4 is 0 Å². The van der Waals surface area contributed by atoms with E-state index in [0.717, 1.165) is 11.3 Å². The van der Waals surface area contributed by atoms with Crippen LogP contribution in [0.4, 0.5) is 13.2 Å². The van der Waals surface area contributed by atoms with Crippen LogP contribution in [0, 0.1) is 5.41 Å². The largest absolute Gasteiger partial charge is 0.446 e. The number of hydrogen-bond donors (Lipinski definition) is 1. The summed E-state index contributed by atoms with van der Waals surface area (Å²) in [5.74, 6) is 1.38. The summed E-state index contributed by atoms with van der Waals surface area (Å²) in [7, 11) is 0. The number of alkyl halides is 3. The molecule has 7 heteroatoms. The van der Waals surface area contributed by atoms with Gasteiger partial charge in [-0.15, -0.1) is 0 Å². The molecule has 0 bridgehead atoms. The number of benzene rings is 1. The van der Waals surface area contributed by atoms with Gasteiger partial charge in [-0.25, -0.2) is 0 Å². The number of rotatable bonds is 6. The van der Waals surface area contributed by atoms with Crippen molar-refractivity contribution in [1.29, 1.82) is 0 Å². The van der Waals surface area contributed by atoms with Crippen LogP contribution in [0.5, 0.6) is 0 Å². The van der Waals surface area contributed by atoms with Crippen molar-refractivity contribution in [2.45, 2.75) is 16.2 Å². The van der Waals surface area contributed by atoms with Gasteiger partial charge in [0.2, 0.25) is 0 Å². The number of aliphatic hydroxyl groups is 1. The average Bonchev–Trinajstić information content (AvgIpc) is 2.31. The fourth-order valence-electron chi connectivity index (χ4n) is 1.83. The highest BCUT2D eigenvalue weighted by molar-refractivity contribution is 8.00. The minimum Gasteiger partial charge on any atom is -0.396 e. The topological polar surface area (TPSA) is 29.5 Å². The van der Waals surface area contributed by atoms with Crippen molar-refractivity contribution in [3.8, 4) is 0 Å². The highest BCUT2D eigenvalue weighted by Gasteiger charge is 2.37. The molecule has 2 nitrogen and oxygen atoms in total. The third-order valence-electron chi connectivity index (χ3n) is 2.96. The molecule has 0 aliphatic carbocycles. The van der Waals surface area contributed by atoms with Gasteiger partial charge in [-0.2, -0.15) is 24.9 Å². The first-order chi connectivity index (χ1) is 9.42. The van der Waals surface area contributed by atoms with E-state index in [1.807, 2.05) is 6.07 Å². The van der Waals surface area contributed by atoms with Gasteiger partial charge >= 0.3 is 5.51 Å². The first kappa shape index (κ1) is 16.0. The van der Waals surface area contributed by atoms with Gasteiger partial charge in [0, 0.05) is 21.8 Å². The van der Waals surface area contributed by atoms with E-state index in [2.05, 4.69) is 0 Å². The zero-order valence-electron chi connectivity index (χ0n) is 10.7. The Kier molecular flexibility index (Phi) is 5.28. The van der Waals surface area contributed by atoms with E-state index < -0.39 is 5.51 Å². The van der Waals surface area contributed by atoms with Crippen LogP contribution in [-0.2, 0) is 10.5 Å². The Hall–Kier alpha value is -0.370. The Bertz CT molecular complexity index is 442. The van der Waals surface area contributed by atoms with Crippen LogP contribution in [-0.4, -0.2) is 36.2 Å². The Balaban J connectivity index is 1.85. The summed E-state index contributed by atoms with van der Waals surface area (Å²) in [4.78, 5) is 0.208. The highest BCUT2D eigenvalue weighted by Crippen LogP contribution is 2.37. The SMILES string of the molecule is OCC1(CSCc2cccc(SC(F)(F)F)c2)COC1. The van der Waals surface area contributed by atoms with E-state index in [1.54, 1.807) is 23.9 Å². The number of thioether (sulfide) groups is 2. The number of aliphatic hydroxyl groups excluding tert-OH is 1. The van der Waals surface area contributed by atoms with Crippen molar-refractivity contribution in [2.24, 2.45) is 5.41 Å². The molecule has 20 heavy (non-hydrogen) atoms. The Morgan fingerprint density at radius 1 is 1.30 bits per heavy atom. The molecule has 1 heterocycles. The molecule has 0 atom stereocenters. The van der Waals surface area contributed by atoms with E-state index in [9.17, 15) is 18.3 Å². The van der Waals surface area contributed by atoms with Crippen molar-refractivity contribution in [3.63, 3.8) is 0 Å². The Morgan fingerprint density at radius 2 is 2.05 bits per heavy atom. The van der Waals surface area contributed by atoms with E-state index in [4.69, 9.17) is 4.74 Å². The van der Waals surface area contributed by atoms with E-state index in [0.29, 0.717) is 19.0 Å². The molecular weight excluding hydrogens is 309 g/mol. The van der Waals surface area contributed by atoms with Crippen LogP contribution in [0.25, 0.3) is 0 Å². The number of ether oxygens (including phenoxy) is 1. The summed E-state index contributed by atoms with van der Waals surface area (Å²) in [6.45, 7) is 1.20. The minimum atomic E-state index is -4.25. The van der Waals surface area contributed by atoms with Gasteiger partial charge in [0.05, 0.1) is 19.8 Å². The molecule has 0 aromatic heterocycles. The van der Waals surface area contributed by atoms with Crippen LogP contribution in [0.2, 0.25) is 0 Å². The highest BCUT2D eigenvalue weighted by atomic mass is 32.2. The van der Waals surface area contributed by atoms with E-state index >= 15 is 0 Å². The van der Waals surface area contributed by atoms with E-state index in [1.165, 1.54) is 6.07 Å². The monoisotopic (exact) mass is 324 g/mol. The van der Waals surface area contributed by atoms with Gasteiger partial charge < -0.3 is 9.84 Å². The second-order valence-electron chi connectivity index (χ2n) is 4.84. The third-order valence-corrected chi connectivity index (χ3v) is 5.04. The second-order valence-corrected chi connectivity index (χ2v) is 6.96.